The highest BCUT2D eigenvalue weighted by Gasteiger charge is 2.18. The Kier molecular flexibility index (Phi) is 3.33. The van der Waals surface area contributed by atoms with Crippen LogP contribution in [0.5, 0.6) is 0 Å². The fourth-order valence-corrected chi connectivity index (χ4v) is 2.70. The topological polar surface area (TPSA) is 81.1 Å². The molecular weight excluding hydrogens is 240 g/mol. The molecule has 0 spiro atoms. The number of nitrogens with two attached hydrogens (primary N) is 1. The van der Waals surface area contributed by atoms with Gasteiger partial charge in [0.15, 0.2) is 0 Å². The normalized spacial score (nSPS) is 23.7. The van der Waals surface area contributed by atoms with E-state index in [4.69, 9.17) is 5.73 Å². The van der Waals surface area contributed by atoms with Crippen LogP contribution in [0.4, 0.5) is 5.82 Å². The van der Waals surface area contributed by atoms with E-state index in [2.05, 4.69) is 20.4 Å². The van der Waals surface area contributed by atoms with E-state index in [1.165, 1.54) is 19.2 Å². The van der Waals surface area contributed by atoms with E-state index in [9.17, 15) is 0 Å². The van der Waals surface area contributed by atoms with Crippen molar-refractivity contribution >= 4 is 11.6 Å². The summed E-state index contributed by atoms with van der Waals surface area (Å²) < 4.78 is 1.75. The van der Waals surface area contributed by atoms with Gasteiger partial charge in [-0.1, -0.05) is 0 Å². The second-order valence-corrected chi connectivity index (χ2v) is 5.42. The Bertz CT molecular complexity index is 555. The van der Waals surface area contributed by atoms with Crippen LogP contribution in [0.2, 0.25) is 0 Å². The van der Waals surface area contributed by atoms with Crippen molar-refractivity contribution < 1.29 is 0 Å². The van der Waals surface area contributed by atoms with E-state index >= 15 is 0 Å². The van der Waals surface area contributed by atoms with Crippen LogP contribution >= 0.6 is 0 Å². The molecule has 0 unspecified atom stereocenters. The summed E-state index contributed by atoms with van der Waals surface area (Å²) in [5.41, 5.74) is 6.89. The molecule has 0 aliphatic heterocycles. The van der Waals surface area contributed by atoms with Crippen molar-refractivity contribution in [1.82, 2.24) is 19.6 Å². The van der Waals surface area contributed by atoms with Gasteiger partial charge in [-0.2, -0.15) is 14.6 Å². The summed E-state index contributed by atoms with van der Waals surface area (Å²) in [7, 11) is 0. The fourth-order valence-electron chi connectivity index (χ4n) is 2.70. The van der Waals surface area contributed by atoms with Gasteiger partial charge in [0, 0.05) is 24.3 Å². The quantitative estimate of drug-likeness (QED) is 0.871. The number of fused-ring (bicyclic) bond motifs is 1. The average Bonchev–Trinajstić information content (AvgIpc) is 2.85. The van der Waals surface area contributed by atoms with Crippen molar-refractivity contribution in [2.24, 2.45) is 11.7 Å². The first-order chi connectivity index (χ1) is 9.22. The number of anilines is 1. The van der Waals surface area contributed by atoms with Crippen LogP contribution < -0.4 is 11.1 Å². The molecule has 6 nitrogen and oxygen atoms in total. The summed E-state index contributed by atoms with van der Waals surface area (Å²) in [4.78, 5) is 8.46. The van der Waals surface area contributed by atoms with Gasteiger partial charge in [-0.3, -0.25) is 0 Å². The van der Waals surface area contributed by atoms with Crippen LogP contribution in [0, 0.1) is 12.8 Å². The number of aromatic nitrogens is 4. The maximum atomic E-state index is 5.93. The van der Waals surface area contributed by atoms with Crippen LogP contribution in [0.15, 0.2) is 12.4 Å². The van der Waals surface area contributed by atoms with Gasteiger partial charge in [-0.15, -0.1) is 0 Å². The average molecular weight is 260 g/mol. The molecule has 0 amide bonds. The molecule has 1 aliphatic carbocycles. The second-order valence-electron chi connectivity index (χ2n) is 5.42. The lowest BCUT2D eigenvalue weighted by Gasteiger charge is -2.26. The summed E-state index contributed by atoms with van der Waals surface area (Å²) in [6, 6.07) is 2.41. The summed E-state index contributed by atoms with van der Waals surface area (Å²) >= 11 is 0. The first kappa shape index (κ1) is 12.3. The van der Waals surface area contributed by atoms with Gasteiger partial charge in [-0.25, -0.2) is 4.98 Å². The third-order valence-corrected chi connectivity index (χ3v) is 3.84. The molecule has 0 aromatic carbocycles. The van der Waals surface area contributed by atoms with Gasteiger partial charge in [-0.05, 0) is 38.5 Å². The predicted octanol–water partition coefficient (Wildman–Crippen LogP) is 1.36. The van der Waals surface area contributed by atoms with Gasteiger partial charge < -0.3 is 11.1 Å². The zero-order chi connectivity index (χ0) is 13.2. The number of aryl methyl sites for hydroxylation is 1. The van der Waals surface area contributed by atoms with Gasteiger partial charge in [0.2, 0.25) is 0 Å². The molecule has 1 saturated carbocycles. The molecule has 0 atom stereocenters. The van der Waals surface area contributed by atoms with Crippen molar-refractivity contribution in [3.8, 4) is 0 Å². The minimum Gasteiger partial charge on any atom is -0.370 e. The Morgan fingerprint density at radius 3 is 2.95 bits per heavy atom. The van der Waals surface area contributed by atoms with E-state index in [-0.39, 0.29) is 0 Å². The molecule has 3 N–H and O–H groups in total. The summed E-state index contributed by atoms with van der Waals surface area (Å²) in [5.74, 6) is 2.31. The number of nitrogens with one attached hydrogen (secondary N) is 1. The maximum Gasteiger partial charge on any atom is 0.254 e. The third kappa shape index (κ3) is 2.68. The van der Waals surface area contributed by atoms with Crippen LogP contribution in [0.3, 0.4) is 0 Å². The van der Waals surface area contributed by atoms with E-state index in [1.807, 2.05) is 13.0 Å². The highest BCUT2D eigenvalue weighted by atomic mass is 15.3. The largest absolute Gasteiger partial charge is 0.370 e. The fraction of sp³-hybridized carbons (Fsp3) is 0.615. The second kappa shape index (κ2) is 5.13. The SMILES string of the molecule is Cc1cc(NCC2CCC(N)CC2)n2ncnc2n1. The Labute approximate surface area is 112 Å². The summed E-state index contributed by atoms with van der Waals surface area (Å²) in [5, 5.41) is 7.67. The lowest BCUT2D eigenvalue weighted by molar-refractivity contribution is 0.338. The maximum absolute atomic E-state index is 5.93. The molecule has 6 heteroatoms. The zero-order valence-electron chi connectivity index (χ0n) is 11.2. The molecule has 0 saturated heterocycles. The predicted molar refractivity (Wildman–Crippen MR) is 73.9 cm³/mol. The van der Waals surface area contributed by atoms with Gasteiger partial charge >= 0.3 is 0 Å². The van der Waals surface area contributed by atoms with Crippen LogP contribution in [-0.2, 0) is 0 Å². The standard InChI is InChI=1S/C13H20N6/c1-9-6-12(19-13(18-9)16-8-17-19)15-7-10-2-4-11(14)5-3-10/h6,8,10-11,15H,2-5,7,14H2,1H3. The molecule has 0 bridgehead atoms. The lowest BCUT2D eigenvalue weighted by Crippen LogP contribution is -2.29. The molecule has 3 rings (SSSR count). The summed E-state index contributed by atoms with van der Waals surface area (Å²) in [6.45, 7) is 2.94. The molecular formula is C13H20N6. The minimum absolute atomic E-state index is 0.404. The van der Waals surface area contributed by atoms with Crippen molar-refractivity contribution in [3.05, 3.63) is 18.1 Å². The third-order valence-electron chi connectivity index (χ3n) is 3.84. The monoisotopic (exact) mass is 260 g/mol. The highest BCUT2D eigenvalue weighted by Crippen LogP contribution is 2.23. The smallest absolute Gasteiger partial charge is 0.254 e. The number of hydrogen-bond donors (Lipinski definition) is 2. The van der Waals surface area contributed by atoms with Gasteiger partial charge in [0.25, 0.3) is 5.78 Å². The van der Waals surface area contributed by atoms with Gasteiger partial charge in [0.1, 0.15) is 12.1 Å². The first-order valence-electron chi connectivity index (χ1n) is 6.89. The molecule has 1 fully saturated rings. The van der Waals surface area contributed by atoms with Crippen molar-refractivity contribution in [2.45, 2.75) is 38.6 Å². The lowest BCUT2D eigenvalue weighted by atomic mass is 9.86. The molecule has 2 aromatic rings. The van der Waals surface area contributed by atoms with Crippen LogP contribution in [0.25, 0.3) is 5.78 Å². The van der Waals surface area contributed by atoms with Crippen molar-refractivity contribution in [2.75, 3.05) is 11.9 Å². The van der Waals surface area contributed by atoms with Crippen LogP contribution in [-0.4, -0.2) is 32.2 Å². The molecule has 1 aliphatic rings. The molecule has 0 radical (unpaired) electrons. The number of hydrogen-bond acceptors (Lipinski definition) is 5. The molecule has 2 aromatic heterocycles. The number of nitrogens with zero attached hydrogens (tertiary/aromatic N) is 4. The zero-order valence-corrected chi connectivity index (χ0v) is 11.2. The molecule has 19 heavy (non-hydrogen) atoms. The van der Waals surface area contributed by atoms with E-state index in [0.717, 1.165) is 30.9 Å². The van der Waals surface area contributed by atoms with Crippen molar-refractivity contribution in [3.63, 3.8) is 0 Å². The number of rotatable bonds is 3. The summed E-state index contributed by atoms with van der Waals surface area (Å²) in [6.07, 6.45) is 6.23. The van der Waals surface area contributed by atoms with Gasteiger partial charge in [0.05, 0.1) is 0 Å². The van der Waals surface area contributed by atoms with E-state index in [1.54, 1.807) is 4.52 Å². The van der Waals surface area contributed by atoms with E-state index < -0.39 is 0 Å². The molecule has 102 valence electrons. The minimum atomic E-state index is 0.404. The molecule has 2 heterocycles. The van der Waals surface area contributed by atoms with E-state index in [0.29, 0.717) is 17.7 Å². The Morgan fingerprint density at radius 2 is 2.16 bits per heavy atom. The van der Waals surface area contributed by atoms with Crippen LogP contribution in [0.1, 0.15) is 31.4 Å². The first-order valence-corrected chi connectivity index (χ1v) is 6.89. The Morgan fingerprint density at radius 1 is 1.37 bits per heavy atom. The van der Waals surface area contributed by atoms with Crippen molar-refractivity contribution in [1.29, 1.82) is 0 Å². The highest BCUT2D eigenvalue weighted by molar-refractivity contribution is 5.44. The Hall–Kier alpha value is -1.69. The Balaban J connectivity index is 1.69.